The van der Waals surface area contributed by atoms with Crippen molar-refractivity contribution in [3.8, 4) is 5.75 Å². The van der Waals surface area contributed by atoms with Gasteiger partial charge in [0.05, 0.1) is 0 Å². The van der Waals surface area contributed by atoms with Crippen LogP contribution in [0.1, 0.15) is 11.1 Å². The van der Waals surface area contributed by atoms with Crippen LogP contribution in [-0.4, -0.2) is 18.1 Å². The summed E-state index contributed by atoms with van der Waals surface area (Å²) in [5, 5.41) is 0.809. The summed E-state index contributed by atoms with van der Waals surface area (Å²) >= 11 is 6.01. The summed E-state index contributed by atoms with van der Waals surface area (Å²) in [6, 6.07) is 13.6. The van der Waals surface area contributed by atoms with Gasteiger partial charge < -0.3 is 10.5 Å². The molecule has 0 spiro atoms. The SMILES string of the molecule is Nc1ccc(OCCN2Cc3ccc(Cl)cc3C2)cc1. The third kappa shape index (κ3) is 3.06. The van der Waals surface area contributed by atoms with E-state index >= 15 is 0 Å². The Bertz CT molecular complexity index is 598. The maximum Gasteiger partial charge on any atom is 0.119 e. The van der Waals surface area contributed by atoms with Gasteiger partial charge in [-0.2, -0.15) is 0 Å². The molecule has 0 amide bonds. The molecule has 1 aliphatic heterocycles. The van der Waals surface area contributed by atoms with Crippen LogP contribution in [0.2, 0.25) is 5.02 Å². The van der Waals surface area contributed by atoms with Gasteiger partial charge in [0.25, 0.3) is 0 Å². The van der Waals surface area contributed by atoms with E-state index in [0.29, 0.717) is 6.61 Å². The van der Waals surface area contributed by atoms with Crippen LogP contribution >= 0.6 is 11.6 Å². The van der Waals surface area contributed by atoms with Gasteiger partial charge in [-0.1, -0.05) is 17.7 Å². The summed E-state index contributed by atoms with van der Waals surface area (Å²) in [5.74, 6) is 0.860. The molecule has 3 rings (SSSR count). The van der Waals surface area contributed by atoms with E-state index in [2.05, 4.69) is 17.0 Å². The number of nitrogens with two attached hydrogens (primary N) is 1. The first-order valence-electron chi connectivity index (χ1n) is 6.69. The number of anilines is 1. The molecule has 0 bridgehead atoms. The van der Waals surface area contributed by atoms with Crippen LogP contribution in [0.15, 0.2) is 42.5 Å². The predicted octanol–water partition coefficient (Wildman–Crippen LogP) is 3.32. The second-order valence-corrected chi connectivity index (χ2v) is 5.48. The molecular weight excluding hydrogens is 272 g/mol. The van der Waals surface area contributed by atoms with Gasteiger partial charge >= 0.3 is 0 Å². The fourth-order valence-electron chi connectivity index (χ4n) is 2.45. The summed E-state index contributed by atoms with van der Waals surface area (Å²) in [7, 11) is 0. The lowest BCUT2D eigenvalue weighted by molar-refractivity contribution is 0.211. The van der Waals surface area contributed by atoms with Gasteiger partial charge in [-0.15, -0.1) is 0 Å². The Kier molecular flexibility index (Phi) is 3.81. The van der Waals surface area contributed by atoms with Crippen LogP contribution in [0.5, 0.6) is 5.75 Å². The Balaban J connectivity index is 1.50. The van der Waals surface area contributed by atoms with Gasteiger partial charge in [0, 0.05) is 30.3 Å². The number of hydrogen-bond acceptors (Lipinski definition) is 3. The van der Waals surface area contributed by atoms with Crippen molar-refractivity contribution in [3.05, 3.63) is 58.6 Å². The van der Waals surface area contributed by atoms with Gasteiger partial charge in [0.15, 0.2) is 0 Å². The minimum atomic E-state index is 0.672. The lowest BCUT2D eigenvalue weighted by atomic mass is 10.1. The highest BCUT2D eigenvalue weighted by molar-refractivity contribution is 6.30. The largest absolute Gasteiger partial charge is 0.492 e. The highest BCUT2D eigenvalue weighted by Crippen LogP contribution is 2.25. The second kappa shape index (κ2) is 5.73. The van der Waals surface area contributed by atoms with Crippen molar-refractivity contribution in [2.45, 2.75) is 13.1 Å². The van der Waals surface area contributed by atoms with E-state index in [4.69, 9.17) is 22.1 Å². The number of hydrogen-bond donors (Lipinski definition) is 1. The molecule has 20 heavy (non-hydrogen) atoms. The third-order valence-electron chi connectivity index (χ3n) is 3.51. The molecule has 1 aliphatic rings. The fraction of sp³-hybridized carbons (Fsp3) is 0.250. The van der Waals surface area contributed by atoms with E-state index < -0.39 is 0 Å². The highest BCUT2D eigenvalue weighted by Gasteiger charge is 2.18. The molecule has 0 saturated heterocycles. The normalized spacial score (nSPS) is 14.2. The first-order chi connectivity index (χ1) is 9.70. The Hall–Kier alpha value is -1.71. The van der Waals surface area contributed by atoms with Crippen LogP contribution in [0.25, 0.3) is 0 Å². The van der Waals surface area contributed by atoms with Gasteiger partial charge in [0.2, 0.25) is 0 Å². The first-order valence-corrected chi connectivity index (χ1v) is 7.06. The average Bonchev–Trinajstić information content (AvgIpc) is 2.83. The van der Waals surface area contributed by atoms with E-state index in [1.807, 2.05) is 30.3 Å². The molecule has 2 N–H and O–H groups in total. The number of benzene rings is 2. The Morgan fingerprint density at radius 2 is 1.80 bits per heavy atom. The van der Waals surface area contributed by atoms with Crippen molar-refractivity contribution >= 4 is 17.3 Å². The maximum atomic E-state index is 6.01. The Labute approximate surface area is 123 Å². The molecule has 3 nitrogen and oxygen atoms in total. The molecule has 0 atom stereocenters. The monoisotopic (exact) mass is 288 g/mol. The van der Waals surface area contributed by atoms with Gasteiger partial charge in [-0.05, 0) is 47.5 Å². The van der Waals surface area contributed by atoms with E-state index in [0.717, 1.165) is 36.1 Å². The number of halogens is 1. The summed E-state index contributed by atoms with van der Waals surface area (Å²) in [6.45, 7) is 3.49. The van der Waals surface area contributed by atoms with Crippen molar-refractivity contribution < 1.29 is 4.74 Å². The minimum Gasteiger partial charge on any atom is -0.492 e. The van der Waals surface area contributed by atoms with E-state index in [-0.39, 0.29) is 0 Å². The summed E-state index contributed by atoms with van der Waals surface area (Å²) in [6.07, 6.45) is 0. The van der Waals surface area contributed by atoms with E-state index in [1.165, 1.54) is 11.1 Å². The van der Waals surface area contributed by atoms with Gasteiger partial charge in [-0.3, -0.25) is 4.90 Å². The summed E-state index contributed by atoms with van der Waals surface area (Å²) in [4.78, 5) is 2.36. The molecule has 0 saturated carbocycles. The zero-order valence-corrected chi connectivity index (χ0v) is 11.9. The molecule has 0 aromatic heterocycles. The molecule has 2 aromatic carbocycles. The Morgan fingerprint density at radius 1 is 1.05 bits per heavy atom. The molecular formula is C16H17ClN2O. The number of nitrogens with zero attached hydrogens (tertiary/aromatic N) is 1. The molecule has 1 heterocycles. The fourth-order valence-corrected chi connectivity index (χ4v) is 2.64. The average molecular weight is 289 g/mol. The molecule has 4 heteroatoms. The second-order valence-electron chi connectivity index (χ2n) is 5.04. The lowest BCUT2D eigenvalue weighted by Crippen LogP contribution is -2.22. The molecule has 0 fully saturated rings. The standard InChI is InChI=1S/C16H17ClN2O/c17-14-2-1-12-10-19(11-13(12)9-14)7-8-20-16-5-3-15(18)4-6-16/h1-6,9H,7-8,10-11,18H2. The third-order valence-corrected chi connectivity index (χ3v) is 3.75. The molecule has 104 valence electrons. The maximum absolute atomic E-state index is 6.01. The number of nitrogen functional groups attached to an aromatic ring is 1. The number of fused-ring (bicyclic) bond motifs is 1. The van der Waals surface area contributed by atoms with Crippen molar-refractivity contribution in [1.29, 1.82) is 0 Å². The van der Waals surface area contributed by atoms with Crippen LogP contribution in [0.4, 0.5) is 5.69 Å². The minimum absolute atomic E-state index is 0.672. The summed E-state index contributed by atoms with van der Waals surface area (Å²) < 4.78 is 5.72. The predicted molar refractivity (Wildman–Crippen MR) is 81.9 cm³/mol. The van der Waals surface area contributed by atoms with Crippen molar-refractivity contribution in [3.63, 3.8) is 0 Å². The first kappa shape index (κ1) is 13.3. The zero-order chi connectivity index (χ0) is 13.9. The topological polar surface area (TPSA) is 38.5 Å². The lowest BCUT2D eigenvalue weighted by Gasteiger charge is -2.15. The van der Waals surface area contributed by atoms with Gasteiger partial charge in [-0.25, -0.2) is 0 Å². The van der Waals surface area contributed by atoms with E-state index in [1.54, 1.807) is 0 Å². The molecule has 0 aliphatic carbocycles. The quantitative estimate of drug-likeness (QED) is 0.877. The van der Waals surface area contributed by atoms with Crippen LogP contribution in [0, 0.1) is 0 Å². The Morgan fingerprint density at radius 3 is 2.60 bits per heavy atom. The highest BCUT2D eigenvalue weighted by atomic mass is 35.5. The van der Waals surface area contributed by atoms with Crippen LogP contribution < -0.4 is 10.5 Å². The van der Waals surface area contributed by atoms with E-state index in [9.17, 15) is 0 Å². The summed E-state index contributed by atoms with van der Waals surface area (Å²) in [5.41, 5.74) is 9.08. The molecule has 2 aromatic rings. The molecule has 0 radical (unpaired) electrons. The number of rotatable bonds is 4. The molecule has 0 unspecified atom stereocenters. The van der Waals surface area contributed by atoms with Crippen molar-refractivity contribution in [2.75, 3.05) is 18.9 Å². The van der Waals surface area contributed by atoms with Crippen molar-refractivity contribution in [2.24, 2.45) is 0 Å². The smallest absolute Gasteiger partial charge is 0.119 e. The zero-order valence-electron chi connectivity index (χ0n) is 11.2. The number of ether oxygens (including phenoxy) is 1. The van der Waals surface area contributed by atoms with Gasteiger partial charge in [0.1, 0.15) is 12.4 Å². The van der Waals surface area contributed by atoms with Crippen LogP contribution in [0.3, 0.4) is 0 Å². The van der Waals surface area contributed by atoms with Crippen molar-refractivity contribution in [1.82, 2.24) is 4.90 Å². The van der Waals surface area contributed by atoms with Crippen LogP contribution in [-0.2, 0) is 13.1 Å².